The number of amides is 1. The predicted octanol–water partition coefficient (Wildman–Crippen LogP) is 2.26. The monoisotopic (exact) mass is 376 g/mol. The van der Waals surface area contributed by atoms with E-state index >= 15 is 0 Å². The van der Waals surface area contributed by atoms with Crippen molar-refractivity contribution in [1.29, 1.82) is 0 Å². The molecule has 1 aromatic carbocycles. The molecule has 1 aliphatic rings. The zero-order chi connectivity index (χ0) is 13.3. The Morgan fingerprint density at radius 1 is 1.56 bits per heavy atom. The van der Waals surface area contributed by atoms with Crippen LogP contribution in [0.25, 0.3) is 0 Å². The number of nitrogen functional groups attached to an aromatic ring is 1. The van der Waals surface area contributed by atoms with Crippen LogP contribution in [0, 0.1) is 3.57 Å². The number of nitrogens with zero attached hydrogens (tertiary/aromatic N) is 1. The Kier molecular flexibility index (Phi) is 4.16. The fraction of sp³-hybridized carbons (Fsp3) is 0.333. The lowest BCUT2D eigenvalue weighted by molar-refractivity contribution is -0.117. The Labute approximate surface area is 123 Å². The normalized spacial score (nSPS) is 19.3. The van der Waals surface area contributed by atoms with Crippen molar-refractivity contribution in [3.8, 4) is 0 Å². The molecule has 1 saturated heterocycles. The molecule has 0 aromatic heterocycles. The summed E-state index contributed by atoms with van der Waals surface area (Å²) in [7, 11) is 0. The fourth-order valence-corrected chi connectivity index (χ4v) is 3.37. The number of anilines is 2. The van der Waals surface area contributed by atoms with Gasteiger partial charge in [0.15, 0.2) is 5.12 Å². The van der Waals surface area contributed by atoms with Crippen molar-refractivity contribution in [1.82, 2.24) is 0 Å². The Balaban J connectivity index is 2.21. The molecule has 96 valence electrons. The van der Waals surface area contributed by atoms with Crippen LogP contribution in [0.15, 0.2) is 18.2 Å². The molecule has 0 bridgehead atoms. The third kappa shape index (κ3) is 2.97. The molecule has 1 amide bonds. The summed E-state index contributed by atoms with van der Waals surface area (Å²) in [6.45, 7) is 2.07. The first-order chi connectivity index (χ1) is 8.47. The molecule has 1 fully saturated rings. The van der Waals surface area contributed by atoms with E-state index in [9.17, 15) is 9.59 Å². The van der Waals surface area contributed by atoms with Crippen LogP contribution in [0.4, 0.5) is 11.4 Å². The third-order valence-corrected chi connectivity index (χ3v) is 4.36. The molecule has 1 unspecified atom stereocenters. The van der Waals surface area contributed by atoms with Crippen molar-refractivity contribution in [2.75, 3.05) is 17.2 Å². The summed E-state index contributed by atoms with van der Waals surface area (Å²) in [6.07, 6.45) is 0.398. The molecular formula is C12H13IN2O2S. The maximum atomic E-state index is 12.0. The van der Waals surface area contributed by atoms with Crippen LogP contribution in [-0.4, -0.2) is 22.8 Å². The summed E-state index contributed by atoms with van der Waals surface area (Å²) in [6, 6.07) is 5.60. The number of carbonyl (C=O) groups is 2. The first kappa shape index (κ1) is 13.7. The third-order valence-electron chi connectivity index (χ3n) is 2.71. The second kappa shape index (κ2) is 5.48. The van der Waals surface area contributed by atoms with Gasteiger partial charge in [-0.25, -0.2) is 0 Å². The Morgan fingerprint density at radius 2 is 2.28 bits per heavy atom. The van der Waals surface area contributed by atoms with Gasteiger partial charge in [0.1, 0.15) is 0 Å². The summed E-state index contributed by atoms with van der Waals surface area (Å²) in [5.41, 5.74) is 7.25. The van der Waals surface area contributed by atoms with Gasteiger partial charge in [-0.1, -0.05) is 11.8 Å². The van der Waals surface area contributed by atoms with E-state index in [4.69, 9.17) is 5.73 Å². The van der Waals surface area contributed by atoms with E-state index < -0.39 is 0 Å². The average Bonchev–Trinajstić information content (AvgIpc) is 2.62. The van der Waals surface area contributed by atoms with Crippen LogP contribution < -0.4 is 10.6 Å². The molecule has 1 atom stereocenters. The molecule has 0 aliphatic carbocycles. The lowest BCUT2D eigenvalue weighted by atomic mass is 10.2. The van der Waals surface area contributed by atoms with Crippen LogP contribution >= 0.6 is 34.4 Å². The number of nitrogens with two attached hydrogens (primary N) is 1. The largest absolute Gasteiger partial charge is 0.397 e. The summed E-state index contributed by atoms with van der Waals surface area (Å²) in [5.74, 6) is 0.0300. The number of carbonyl (C=O) groups excluding carboxylic acids is 2. The van der Waals surface area contributed by atoms with Gasteiger partial charge >= 0.3 is 0 Å². The topological polar surface area (TPSA) is 63.4 Å². The standard InChI is InChI=1S/C12H13IN2O2S/c1-7(16)18-9-5-12(17)15(6-9)11-4-8(13)2-3-10(11)14/h2-4,9H,5-6,14H2,1H3. The summed E-state index contributed by atoms with van der Waals surface area (Å²) < 4.78 is 1.03. The molecule has 2 N–H and O–H groups in total. The van der Waals surface area contributed by atoms with E-state index in [1.165, 1.54) is 18.7 Å². The molecule has 18 heavy (non-hydrogen) atoms. The number of hydrogen-bond acceptors (Lipinski definition) is 4. The molecule has 1 aromatic rings. The molecule has 0 radical (unpaired) electrons. The SMILES string of the molecule is CC(=O)SC1CC(=O)N(c2cc(I)ccc2N)C1. The van der Waals surface area contributed by atoms with Gasteiger partial charge in [-0.15, -0.1) is 0 Å². The zero-order valence-electron chi connectivity index (χ0n) is 9.85. The van der Waals surface area contributed by atoms with Crippen LogP contribution in [-0.2, 0) is 9.59 Å². The van der Waals surface area contributed by atoms with Crippen molar-refractivity contribution < 1.29 is 9.59 Å². The van der Waals surface area contributed by atoms with E-state index in [1.807, 2.05) is 12.1 Å². The van der Waals surface area contributed by atoms with Crippen LogP contribution in [0.5, 0.6) is 0 Å². The van der Waals surface area contributed by atoms with Gasteiger partial charge in [0.05, 0.1) is 11.4 Å². The number of rotatable bonds is 2. The van der Waals surface area contributed by atoms with Gasteiger partial charge in [0.25, 0.3) is 0 Å². The first-order valence-electron chi connectivity index (χ1n) is 5.50. The Morgan fingerprint density at radius 3 is 2.94 bits per heavy atom. The van der Waals surface area contributed by atoms with E-state index in [0.717, 1.165) is 9.26 Å². The van der Waals surface area contributed by atoms with Crippen molar-refractivity contribution in [3.63, 3.8) is 0 Å². The maximum absolute atomic E-state index is 12.0. The molecule has 2 rings (SSSR count). The van der Waals surface area contributed by atoms with Crippen molar-refractivity contribution in [3.05, 3.63) is 21.8 Å². The van der Waals surface area contributed by atoms with Crippen LogP contribution in [0.2, 0.25) is 0 Å². The molecule has 6 heteroatoms. The number of thioether (sulfide) groups is 1. The Hall–Kier alpha value is -0.760. The quantitative estimate of drug-likeness (QED) is 0.636. The van der Waals surface area contributed by atoms with Gasteiger partial charge in [-0.05, 0) is 40.8 Å². The number of halogens is 1. The summed E-state index contributed by atoms with van der Waals surface area (Å²) in [5, 5.41) is 0.0810. The Bertz CT molecular complexity index is 507. The minimum absolute atomic E-state index is 0.0300. The highest BCUT2D eigenvalue weighted by atomic mass is 127. The zero-order valence-corrected chi connectivity index (χ0v) is 12.8. The van der Waals surface area contributed by atoms with Crippen molar-refractivity contribution in [2.24, 2.45) is 0 Å². The minimum Gasteiger partial charge on any atom is -0.397 e. The van der Waals surface area contributed by atoms with E-state index in [1.54, 1.807) is 11.0 Å². The lowest BCUT2D eigenvalue weighted by Gasteiger charge is -2.18. The second-order valence-electron chi connectivity index (χ2n) is 4.14. The van der Waals surface area contributed by atoms with Crippen LogP contribution in [0.1, 0.15) is 13.3 Å². The van der Waals surface area contributed by atoms with Crippen molar-refractivity contribution in [2.45, 2.75) is 18.6 Å². The van der Waals surface area contributed by atoms with Gasteiger partial charge in [-0.3, -0.25) is 9.59 Å². The van der Waals surface area contributed by atoms with Gasteiger partial charge in [0, 0.05) is 28.7 Å². The number of hydrogen-bond donors (Lipinski definition) is 1. The highest BCUT2D eigenvalue weighted by Gasteiger charge is 2.32. The average molecular weight is 376 g/mol. The molecular weight excluding hydrogens is 363 g/mol. The molecule has 1 heterocycles. The van der Waals surface area contributed by atoms with Crippen molar-refractivity contribution >= 4 is 56.7 Å². The fourth-order valence-electron chi connectivity index (χ4n) is 1.97. The maximum Gasteiger partial charge on any atom is 0.228 e. The highest BCUT2D eigenvalue weighted by Crippen LogP contribution is 2.32. The van der Waals surface area contributed by atoms with E-state index in [-0.39, 0.29) is 16.3 Å². The van der Waals surface area contributed by atoms with E-state index in [0.29, 0.717) is 18.7 Å². The first-order valence-corrected chi connectivity index (χ1v) is 7.46. The molecule has 4 nitrogen and oxygen atoms in total. The summed E-state index contributed by atoms with van der Waals surface area (Å²) >= 11 is 3.42. The highest BCUT2D eigenvalue weighted by molar-refractivity contribution is 14.1. The minimum atomic E-state index is 0.0300. The predicted molar refractivity (Wildman–Crippen MR) is 82.6 cm³/mol. The van der Waals surface area contributed by atoms with Gasteiger partial charge < -0.3 is 10.6 Å². The summed E-state index contributed by atoms with van der Waals surface area (Å²) in [4.78, 5) is 24.7. The number of benzene rings is 1. The lowest BCUT2D eigenvalue weighted by Crippen LogP contribution is -2.26. The molecule has 0 saturated carbocycles. The van der Waals surface area contributed by atoms with E-state index in [2.05, 4.69) is 22.6 Å². The molecule has 0 spiro atoms. The van der Waals surface area contributed by atoms with Gasteiger partial charge in [-0.2, -0.15) is 0 Å². The molecule has 1 aliphatic heterocycles. The second-order valence-corrected chi connectivity index (χ2v) is 6.87. The van der Waals surface area contributed by atoms with Crippen LogP contribution in [0.3, 0.4) is 0 Å². The smallest absolute Gasteiger partial charge is 0.228 e. The van der Waals surface area contributed by atoms with Gasteiger partial charge in [0.2, 0.25) is 5.91 Å².